The van der Waals surface area contributed by atoms with Gasteiger partial charge in [0.05, 0.1) is 30.3 Å². The first-order chi connectivity index (χ1) is 17.9. The number of carbonyl (C=O) groups is 1. The molecule has 1 aliphatic carbocycles. The zero-order chi connectivity index (χ0) is 27.7. The highest BCUT2D eigenvalue weighted by molar-refractivity contribution is 7.92. The summed E-state index contributed by atoms with van der Waals surface area (Å²) in [5.74, 6) is -0.502. The van der Waals surface area contributed by atoms with Crippen molar-refractivity contribution in [2.24, 2.45) is 0 Å². The molecular weight excluding hydrogens is 537 g/mol. The summed E-state index contributed by atoms with van der Waals surface area (Å²) < 4.78 is 47.7. The zero-order valence-electron chi connectivity index (χ0n) is 21.4. The summed E-state index contributed by atoms with van der Waals surface area (Å²) in [6.45, 7) is 4.24. The van der Waals surface area contributed by atoms with Gasteiger partial charge >= 0.3 is 6.09 Å². The van der Waals surface area contributed by atoms with Crippen LogP contribution in [0.1, 0.15) is 39.2 Å². The van der Waals surface area contributed by atoms with Gasteiger partial charge in [-0.25, -0.2) is 27.6 Å². The minimum Gasteiger partial charge on any atom is -0.453 e. The predicted octanol–water partition coefficient (Wildman–Crippen LogP) is 4.44. The third-order valence-corrected chi connectivity index (χ3v) is 7.04. The van der Waals surface area contributed by atoms with E-state index >= 15 is 4.39 Å². The highest BCUT2D eigenvalue weighted by Gasteiger charge is 2.38. The summed E-state index contributed by atoms with van der Waals surface area (Å²) in [7, 11) is -2.44. The van der Waals surface area contributed by atoms with Crippen molar-refractivity contribution in [2.45, 2.75) is 44.7 Å². The van der Waals surface area contributed by atoms with E-state index in [2.05, 4.69) is 30.4 Å². The van der Waals surface area contributed by atoms with Gasteiger partial charge in [-0.15, -0.1) is 0 Å². The molecule has 1 amide bonds. The second kappa shape index (κ2) is 10.7. The van der Waals surface area contributed by atoms with Gasteiger partial charge in [0.2, 0.25) is 16.0 Å². The van der Waals surface area contributed by atoms with Crippen LogP contribution in [0.4, 0.5) is 20.8 Å². The molecule has 1 fully saturated rings. The Kier molecular flexibility index (Phi) is 7.79. The van der Waals surface area contributed by atoms with Crippen LogP contribution in [-0.2, 0) is 14.8 Å². The van der Waals surface area contributed by atoms with Gasteiger partial charge in [-0.1, -0.05) is 11.6 Å². The summed E-state index contributed by atoms with van der Waals surface area (Å²) in [6.07, 6.45) is 6.29. The molecule has 0 bridgehead atoms. The summed E-state index contributed by atoms with van der Waals surface area (Å²) in [4.78, 5) is 20.7. The number of anilines is 2. The number of hydrogen-bond acceptors (Lipinski definition) is 8. The van der Waals surface area contributed by atoms with Crippen molar-refractivity contribution in [3.63, 3.8) is 0 Å². The summed E-state index contributed by atoms with van der Waals surface area (Å²) in [6, 6.07) is 4.20. The topological polar surface area (TPSA) is 140 Å². The third-order valence-electron chi connectivity index (χ3n) is 6.23. The van der Waals surface area contributed by atoms with Crippen LogP contribution in [0.25, 0.3) is 22.5 Å². The highest BCUT2D eigenvalue weighted by atomic mass is 35.5. The monoisotopic (exact) mass is 565 g/mol. The number of nitrogens with zero attached hydrogens (tertiary/aromatic N) is 4. The van der Waals surface area contributed by atoms with Crippen molar-refractivity contribution < 1.29 is 22.3 Å². The Hall–Kier alpha value is -3.45. The van der Waals surface area contributed by atoms with Crippen molar-refractivity contribution in [3.8, 4) is 22.5 Å². The SMILES string of the molecule is COC(=O)NC1(CNc2nccc(-c3cn(C(C)C)nc3-c3cc(Cl)cc(NS(C)(=O)=O)c3F)n2)CCC1. The van der Waals surface area contributed by atoms with E-state index in [1.807, 2.05) is 13.8 Å². The fourth-order valence-corrected chi connectivity index (χ4v) is 4.90. The van der Waals surface area contributed by atoms with Gasteiger partial charge in [-0.3, -0.25) is 9.40 Å². The van der Waals surface area contributed by atoms with Crippen molar-refractivity contribution in [1.82, 2.24) is 25.1 Å². The Morgan fingerprint density at radius 3 is 2.63 bits per heavy atom. The second-order valence-corrected chi connectivity index (χ2v) is 11.7. The Labute approximate surface area is 225 Å². The minimum atomic E-state index is -3.75. The fourth-order valence-electron chi connectivity index (χ4n) is 4.14. The first kappa shape index (κ1) is 27.6. The van der Waals surface area contributed by atoms with Crippen LogP contribution < -0.4 is 15.4 Å². The van der Waals surface area contributed by atoms with Crippen LogP contribution in [-0.4, -0.2) is 59.7 Å². The molecule has 2 heterocycles. The Morgan fingerprint density at radius 2 is 2.03 bits per heavy atom. The Balaban J connectivity index is 1.71. The molecule has 0 atom stereocenters. The third kappa shape index (κ3) is 6.16. The van der Waals surface area contributed by atoms with Gasteiger partial charge < -0.3 is 15.4 Å². The molecule has 14 heteroatoms. The number of halogens is 2. The number of nitrogens with one attached hydrogen (secondary N) is 3. The van der Waals surface area contributed by atoms with Gasteiger partial charge in [0, 0.05) is 41.1 Å². The first-order valence-corrected chi connectivity index (χ1v) is 14.2. The maximum absolute atomic E-state index is 15.6. The van der Waals surface area contributed by atoms with E-state index in [1.165, 1.54) is 19.2 Å². The maximum atomic E-state index is 15.6. The highest BCUT2D eigenvalue weighted by Crippen LogP contribution is 2.37. The quantitative estimate of drug-likeness (QED) is 0.346. The average molecular weight is 566 g/mol. The number of rotatable bonds is 9. The van der Waals surface area contributed by atoms with Gasteiger partial charge in [-0.2, -0.15) is 5.10 Å². The molecule has 0 aliphatic heterocycles. The average Bonchev–Trinajstić information content (AvgIpc) is 3.27. The molecular formula is C24H29ClFN7O4S. The standard InChI is InChI=1S/C24H29ClFN7O4S/c1-14(2)33-12-17(21(31-33)16-10-15(25)11-19(20(16)26)32-38(4,35)36)18-6-9-27-22(29-18)28-13-24(7-5-8-24)30-23(34)37-3/h6,9-12,14,32H,5,7-8,13H2,1-4H3,(H,30,34)(H,27,28,29). The van der Waals surface area contributed by atoms with Crippen LogP contribution in [0.5, 0.6) is 0 Å². The van der Waals surface area contributed by atoms with Crippen molar-refractivity contribution >= 4 is 39.4 Å². The molecule has 1 aromatic carbocycles. The van der Waals surface area contributed by atoms with Gasteiger partial charge in [-0.05, 0) is 51.3 Å². The fraction of sp³-hybridized carbons (Fsp3) is 0.417. The number of aromatic nitrogens is 4. The van der Waals surface area contributed by atoms with Crippen LogP contribution in [0.3, 0.4) is 0 Å². The van der Waals surface area contributed by atoms with Crippen LogP contribution in [0.15, 0.2) is 30.6 Å². The molecule has 3 aromatic rings. The van der Waals surface area contributed by atoms with Gasteiger partial charge in [0.25, 0.3) is 0 Å². The molecule has 2 aromatic heterocycles. The molecule has 4 rings (SSSR count). The summed E-state index contributed by atoms with van der Waals surface area (Å²) in [5, 5.41) is 10.8. The van der Waals surface area contributed by atoms with E-state index in [1.54, 1.807) is 23.1 Å². The molecule has 1 aliphatic rings. The van der Waals surface area contributed by atoms with Crippen LogP contribution >= 0.6 is 11.6 Å². The molecule has 0 unspecified atom stereocenters. The van der Waals surface area contributed by atoms with E-state index in [-0.39, 0.29) is 28.0 Å². The summed E-state index contributed by atoms with van der Waals surface area (Å²) >= 11 is 6.23. The number of hydrogen-bond donors (Lipinski definition) is 3. The predicted molar refractivity (Wildman–Crippen MR) is 143 cm³/mol. The van der Waals surface area contributed by atoms with Crippen LogP contribution in [0.2, 0.25) is 5.02 Å². The normalized spacial score (nSPS) is 14.6. The lowest BCUT2D eigenvalue weighted by Crippen LogP contribution is -2.57. The molecule has 0 spiro atoms. The molecule has 11 nitrogen and oxygen atoms in total. The smallest absolute Gasteiger partial charge is 0.407 e. The van der Waals surface area contributed by atoms with E-state index < -0.39 is 27.5 Å². The van der Waals surface area contributed by atoms with Crippen molar-refractivity contribution in [1.29, 1.82) is 0 Å². The lowest BCUT2D eigenvalue weighted by atomic mass is 9.77. The van der Waals surface area contributed by atoms with Crippen LogP contribution in [0, 0.1) is 5.82 Å². The van der Waals surface area contributed by atoms with E-state index in [0.29, 0.717) is 23.8 Å². The van der Waals surface area contributed by atoms with E-state index in [4.69, 9.17) is 16.3 Å². The number of ether oxygens (including phenoxy) is 1. The maximum Gasteiger partial charge on any atom is 0.407 e. The number of alkyl carbamates (subject to hydrolysis) is 1. The number of sulfonamides is 1. The van der Waals surface area contributed by atoms with Crippen molar-refractivity contribution in [3.05, 3.63) is 41.4 Å². The lowest BCUT2D eigenvalue weighted by molar-refractivity contribution is 0.134. The number of carbonyl (C=O) groups excluding carboxylic acids is 1. The largest absolute Gasteiger partial charge is 0.453 e. The number of amides is 1. The van der Waals surface area contributed by atoms with Gasteiger partial charge in [0.15, 0.2) is 5.82 Å². The van der Waals surface area contributed by atoms with Crippen molar-refractivity contribution in [2.75, 3.05) is 29.9 Å². The molecule has 38 heavy (non-hydrogen) atoms. The first-order valence-electron chi connectivity index (χ1n) is 11.9. The molecule has 204 valence electrons. The Bertz CT molecular complexity index is 1460. The molecule has 3 N–H and O–H groups in total. The Morgan fingerprint density at radius 1 is 1.29 bits per heavy atom. The van der Waals surface area contributed by atoms with Gasteiger partial charge in [0.1, 0.15) is 5.69 Å². The molecule has 0 radical (unpaired) electrons. The molecule has 0 saturated heterocycles. The van der Waals surface area contributed by atoms with E-state index in [9.17, 15) is 13.2 Å². The molecule has 1 saturated carbocycles. The number of methoxy groups -OCH3 is 1. The summed E-state index contributed by atoms with van der Waals surface area (Å²) in [5.41, 5.74) is 0.484. The lowest BCUT2D eigenvalue weighted by Gasteiger charge is -2.42. The minimum absolute atomic E-state index is 0.0156. The zero-order valence-corrected chi connectivity index (χ0v) is 23.0. The number of benzene rings is 1. The van der Waals surface area contributed by atoms with E-state index in [0.717, 1.165) is 25.5 Å². The second-order valence-electron chi connectivity index (χ2n) is 9.52.